The summed E-state index contributed by atoms with van der Waals surface area (Å²) in [6.07, 6.45) is 1.59. The molecule has 0 bridgehead atoms. The van der Waals surface area contributed by atoms with Gasteiger partial charge in [0.15, 0.2) is 10.8 Å². The van der Waals surface area contributed by atoms with Crippen molar-refractivity contribution in [1.82, 2.24) is 9.88 Å². The second-order valence-corrected chi connectivity index (χ2v) is 6.89. The molecule has 106 valence electrons. The van der Waals surface area contributed by atoms with Crippen LogP contribution in [0.5, 0.6) is 0 Å². The van der Waals surface area contributed by atoms with Gasteiger partial charge in [-0.15, -0.1) is 11.3 Å². The average molecular weight is 305 g/mol. The average Bonchev–Trinajstić information content (AvgIpc) is 2.72. The molecule has 0 N–H and O–H groups in total. The SMILES string of the molecule is CN(C(=O)OC(C)(C)C)C(C)(C=O)c1cnc(Cl)s1. The highest BCUT2D eigenvalue weighted by molar-refractivity contribution is 7.15. The fourth-order valence-electron chi connectivity index (χ4n) is 1.31. The van der Waals surface area contributed by atoms with Crippen molar-refractivity contribution in [1.29, 1.82) is 0 Å². The van der Waals surface area contributed by atoms with Crippen LogP contribution in [0.4, 0.5) is 4.79 Å². The van der Waals surface area contributed by atoms with Crippen LogP contribution in [0.3, 0.4) is 0 Å². The van der Waals surface area contributed by atoms with Crippen LogP contribution in [0.1, 0.15) is 32.6 Å². The molecule has 1 aromatic rings. The predicted molar refractivity (Wildman–Crippen MR) is 74.5 cm³/mol. The second-order valence-electron chi connectivity index (χ2n) is 5.28. The van der Waals surface area contributed by atoms with Gasteiger partial charge in [0.2, 0.25) is 0 Å². The zero-order valence-corrected chi connectivity index (χ0v) is 13.1. The number of carbonyl (C=O) groups excluding carboxylic acids is 2. The number of ether oxygens (including phenoxy) is 1. The number of nitrogens with zero attached hydrogens (tertiary/aromatic N) is 2. The van der Waals surface area contributed by atoms with Gasteiger partial charge < -0.3 is 9.53 Å². The van der Waals surface area contributed by atoms with Crippen molar-refractivity contribution in [3.05, 3.63) is 15.5 Å². The van der Waals surface area contributed by atoms with Crippen molar-refractivity contribution in [3.63, 3.8) is 0 Å². The first kappa shape index (κ1) is 15.9. The summed E-state index contributed by atoms with van der Waals surface area (Å²) in [7, 11) is 1.51. The number of hydrogen-bond donors (Lipinski definition) is 0. The van der Waals surface area contributed by atoms with Gasteiger partial charge in [-0.1, -0.05) is 11.6 Å². The molecule has 0 fully saturated rings. The number of rotatable bonds is 3. The number of amides is 1. The molecule has 5 nitrogen and oxygen atoms in total. The first-order chi connectivity index (χ1) is 8.60. The van der Waals surface area contributed by atoms with Gasteiger partial charge in [0.05, 0.1) is 4.88 Å². The third kappa shape index (κ3) is 3.67. The highest BCUT2D eigenvalue weighted by Gasteiger charge is 2.38. The van der Waals surface area contributed by atoms with Gasteiger partial charge in [-0.2, -0.15) is 0 Å². The van der Waals surface area contributed by atoms with Gasteiger partial charge in [-0.3, -0.25) is 4.90 Å². The highest BCUT2D eigenvalue weighted by Crippen LogP contribution is 2.32. The van der Waals surface area contributed by atoms with Gasteiger partial charge in [-0.25, -0.2) is 9.78 Å². The van der Waals surface area contributed by atoms with Crippen LogP contribution in [0.2, 0.25) is 4.47 Å². The van der Waals surface area contributed by atoms with Gasteiger partial charge in [0.25, 0.3) is 0 Å². The molecule has 1 unspecified atom stereocenters. The number of carbonyl (C=O) groups is 2. The Bertz CT molecular complexity index is 484. The lowest BCUT2D eigenvalue weighted by Crippen LogP contribution is -2.47. The number of thiazole rings is 1. The molecule has 0 aliphatic carbocycles. The maximum Gasteiger partial charge on any atom is 0.411 e. The quantitative estimate of drug-likeness (QED) is 0.805. The number of aromatic nitrogens is 1. The van der Waals surface area contributed by atoms with E-state index in [-0.39, 0.29) is 0 Å². The van der Waals surface area contributed by atoms with E-state index in [9.17, 15) is 9.59 Å². The van der Waals surface area contributed by atoms with Crippen LogP contribution in [0, 0.1) is 0 Å². The molecule has 0 saturated heterocycles. The number of aldehydes is 1. The van der Waals surface area contributed by atoms with E-state index in [0.717, 1.165) is 11.3 Å². The summed E-state index contributed by atoms with van der Waals surface area (Å²) in [6, 6.07) is 0. The maximum absolute atomic E-state index is 12.0. The molecule has 1 amide bonds. The Balaban J connectivity index is 3.02. The monoisotopic (exact) mass is 304 g/mol. The summed E-state index contributed by atoms with van der Waals surface area (Å²) in [6.45, 7) is 6.91. The lowest BCUT2D eigenvalue weighted by atomic mass is 10.0. The maximum atomic E-state index is 12.0. The Morgan fingerprint density at radius 1 is 1.47 bits per heavy atom. The van der Waals surface area contributed by atoms with Crippen molar-refractivity contribution in [2.24, 2.45) is 0 Å². The Hall–Kier alpha value is -1.14. The first-order valence-electron chi connectivity index (χ1n) is 5.65. The lowest BCUT2D eigenvalue weighted by Gasteiger charge is -2.34. The van der Waals surface area contributed by atoms with E-state index in [1.165, 1.54) is 18.1 Å². The Morgan fingerprint density at radius 3 is 2.42 bits per heavy atom. The number of hydrogen-bond acceptors (Lipinski definition) is 5. The van der Waals surface area contributed by atoms with Crippen molar-refractivity contribution in [2.75, 3.05) is 7.05 Å². The van der Waals surface area contributed by atoms with Crippen LogP contribution < -0.4 is 0 Å². The van der Waals surface area contributed by atoms with E-state index in [2.05, 4.69) is 4.98 Å². The third-order valence-corrected chi connectivity index (χ3v) is 3.91. The molecule has 0 radical (unpaired) electrons. The van der Waals surface area contributed by atoms with Gasteiger partial charge in [-0.05, 0) is 27.7 Å². The Labute approximate surface area is 121 Å². The summed E-state index contributed by atoms with van der Waals surface area (Å²) < 4.78 is 5.58. The molecule has 1 atom stereocenters. The van der Waals surface area contributed by atoms with Gasteiger partial charge >= 0.3 is 6.09 Å². The molecule has 0 aliphatic rings. The van der Waals surface area contributed by atoms with Crippen LogP contribution in [-0.4, -0.2) is 34.9 Å². The molecule has 1 heterocycles. The topological polar surface area (TPSA) is 59.5 Å². The van der Waals surface area contributed by atoms with Crippen molar-refractivity contribution in [2.45, 2.75) is 38.8 Å². The van der Waals surface area contributed by atoms with Gasteiger partial charge in [0.1, 0.15) is 11.1 Å². The van der Waals surface area contributed by atoms with Crippen LogP contribution in [0.15, 0.2) is 6.20 Å². The zero-order valence-electron chi connectivity index (χ0n) is 11.6. The predicted octanol–water partition coefficient (Wildman–Crippen LogP) is 3.08. The van der Waals surface area contributed by atoms with Crippen molar-refractivity contribution in [3.8, 4) is 0 Å². The molecule has 0 aliphatic heterocycles. The van der Waals surface area contributed by atoms with Crippen molar-refractivity contribution >= 4 is 35.3 Å². The van der Waals surface area contributed by atoms with Crippen LogP contribution in [-0.2, 0) is 15.1 Å². The molecule has 0 aromatic carbocycles. The van der Waals surface area contributed by atoms with E-state index in [1.54, 1.807) is 27.7 Å². The smallest absolute Gasteiger partial charge is 0.411 e. The van der Waals surface area contributed by atoms with Gasteiger partial charge in [0, 0.05) is 13.2 Å². The fourth-order valence-corrected chi connectivity index (χ4v) is 2.39. The molecule has 7 heteroatoms. The van der Waals surface area contributed by atoms with E-state index in [4.69, 9.17) is 16.3 Å². The highest BCUT2D eigenvalue weighted by atomic mass is 35.5. The van der Waals surface area contributed by atoms with Crippen LogP contribution in [0.25, 0.3) is 0 Å². The fraction of sp³-hybridized carbons (Fsp3) is 0.583. The molecule has 19 heavy (non-hydrogen) atoms. The largest absolute Gasteiger partial charge is 0.444 e. The molecular formula is C12H17ClN2O3S. The molecule has 1 rings (SSSR count). The third-order valence-electron chi connectivity index (χ3n) is 2.57. The normalized spacial score (nSPS) is 14.6. The summed E-state index contributed by atoms with van der Waals surface area (Å²) in [5, 5.41) is 0. The van der Waals surface area contributed by atoms with E-state index >= 15 is 0 Å². The van der Waals surface area contributed by atoms with E-state index < -0.39 is 17.2 Å². The van der Waals surface area contributed by atoms with E-state index in [1.807, 2.05) is 0 Å². The molecular weight excluding hydrogens is 288 g/mol. The van der Waals surface area contributed by atoms with Crippen molar-refractivity contribution < 1.29 is 14.3 Å². The standard InChI is InChI=1S/C12H17ClN2O3S/c1-11(2,3)18-10(17)15(5)12(4,7-16)8-6-14-9(13)19-8/h6-7H,1-5H3. The summed E-state index contributed by atoms with van der Waals surface area (Å²) in [5.74, 6) is 0. The lowest BCUT2D eigenvalue weighted by molar-refractivity contribution is -0.117. The zero-order chi connectivity index (χ0) is 14.8. The minimum absolute atomic E-state index is 0.320. The minimum Gasteiger partial charge on any atom is -0.444 e. The Kier molecular flexibility index (Phi) is 4.58. The Morgan fingerprint density at radius 2 is 2.05 bits per heavy atom. The molecule has 1 aromatic heterocycles. The summed E-state index contributed by atoms with van der Waals surface area (Å²) in [5.41, 5.74) is -1.77. The first-order valence-corrected chi connectivity index (χ1v) is 6.84. The minimum atomic E-state index is -1.15. The summed E-state index contributed by atoms with van der Waals surface area (Å²) >= 11 is 6.93. The number of halogens is 1. The second kappa shape index (κ2) is 5.46. The number of likely N-dealkylation sites (N-methyl/N-ethyl adjacent to an activating group) is 1. The van der Waals surface area contributed by atoms with E-state index in [0.29, 0.717) is 15.6 Å². The molecule has 0 spiro atoms. The van der Waals surface area contributed by atoms with Crippen LogP contribution >= 0.6 is 22.9 Å². The summed E-state index contributed by atoms with van der Waals surface area (Å²) in [4.78, 5) is 29.2. The molecule has 0 saturated carbocycles.